The van der Waals surface area contributed by atoms with Gasteiger partial charge < -0.3 is 15.0 Å². The van der Waals surface area contributed by atoms with Gasteiger partial charge in [-0.3, -0.25) is 0 Å². The van der Waals surface area contributed by atoms with Crippen molar-refractivity contribution in [2.45, 2.75) is 26.9 Å². The highest BCUT2D eigenvalue weighted by molar-refractivity contribution is 7.09. The summed E-state index contributed by atoms with van der Waals surface area (Å²) in [7, 11) is 2.02. The van der Waals surface area contributed by atoms with Crippen LogP contribution in [0.5, 0.6) is 5.75 Å². The second-order valence-corrected chi connectivity index (χ2v) is 6.65. The van der Waals surface area contributed by atoms with E-state index in [1.165, 1.54) is 0 Å². The second kappa shape index (κ2) is 9.84. The molecule has 0 amide bonds. The first kappa shape index (κ1) is 19.0. The Morgan fingerprint density at radius 1 is 1.44 bits per heavy atom. The fourth-order valence-electron chi connectivity index (χ4n) is 2.35. The van der Waals surface area contributed by atoms with Crippen molar-refractivity contribution in [1.29, 1.82) is 0 Å². The Kier molecular flexibility index (Phi) is 7.47. The smallest absolute Gasteiger partial charge is 0.194 e. The van der Waals surface area contributed by atoms with Crippen LogP contribution in [0.15, 0.2) is 47.3 Å². The van der Waals surface area contributed by atoms with E-state index in [0.29, 0.717) is 13.2 Å². The molecule has 0 radical (unpaired) electrons. The highest BCUT2D eigenvalue weighted by Crippen LogP contribution is 2.19. The van der Waals surface area contributed by atoms with Gasteiger partial charge in [0.2, 0.25) is 0 Å². The molecular formula is C19H26N4OS. The number of hydrogen-bond acceptors (Lipinski definition) is 4. The lowest BCUT2D eigenvalue weighted by molar-refractivity contribution is 0.359. The maximum atomic E-state index is 5.71. The summed E-state index contributed by atoms with van der Waals surface area (Å²) in [4.78, 5) is 11.4. The Hall–Kier alpha value is -2.34. The number of benzene rings is 1. The molecule has 0 atom stereocenters. The molecule has 1 heterocycles. The Balaban J connectivity index is 2.09. The lowest BCUT2D eigenvalue weighted by Gasteiger charge is -2.21. The number of aliphatic imine (C=N–C) groups is 1. The van der Waals surface area contributed by atoms with Crippen molar-refractivity contribution in [3.05, 3.63) is 58.6 Å². The number of guanidine groups is 1. The van der Waals surface area contributed by atoms with Crippen molar-refractivity contribution in [3.8, 4) is 5.75 Å². The third-order valence-corrected chi connectivity index (χ3v) is 4.31. The number of thiazole rings is 1. The Labute approximate surface area is 154 Å². The first-order valence-electron chi connectivity index (χ1n) is 8.36. The van der Waals surface area contributed by atoms with Crippen molar-refractivity contribution in [2.75, 3.05) is 20.2 Å². The largest absolute Gasteiger partial charge is 0.489 e. The van der Waals surface area contributed by atoms with Crippen LogP contribution in [0.25, 0.3) is 0 Å². The standard InChI is InChI=1S/C19H26N4OS/c1-5-11-24-18-10-8-7-9-16(18)12-21-19(20-6-2)23(4)13-17-14-25-15(3)22-17/h5,7-10,14H,1,6,11-13H2,2-4H3,(H,20,21). The highest BCUT2D eigenvalue weighted by Gasteiger charge is 2.09. The van der Waals surface area contributed by atoms with E-state index >= 15 is 0 Å². The van der Waals surface area contributed by atoms with Gasteiger partial charge >= 0.3 is 0 Å². The normalized spacial score (nSPS) is 11.2. The third-order valence-electron chi connectivity index (χ3n) is 3.49. The zero-order valence-corrected chi connectivity index (χ0v) is 16.0. The molecule has 25 heavy (non-hydrogen) atoms. The van der Waals surface area contributed by atoms with E-state index in [2.05, 4.69) is 34.1 Å². The molecule has 0 aliphatic carbocycles. The van der Waals surface area contributed by atoms with E-state index in [4.69, 9.17) is 9.73 Å². The number of rotatable bonds is 8. The molecule has 0 aliphatic rings. The van der Waals surface area contributed by atoms with Crippen molar-refractivity contribution in [1.82, 2.24) is 15.2 Å². The molecule has 0 saturated carbocycles. The average Bonchev–Trinajstić information content (AvgIpc) is 3.02. The number of aromatic nitrogens is 1. The van der Waals surface area contributed by atoms with Crippen LogP contribution >= 0.6 is 11.3 Å². The van der Waals surface area contributed by atoms with Gasteiger partial charge in [-0.05, 0) is 19.9 Å². The highest BCUT2D eigenvalue weighted by atomic mass is 32.1. The number of nitrogens with one attached hydrogen (secondary N) is 1. The van der Waals surface area contributed by atoms with Crippen LogP contribution in [0.3, 0.4) is 0 Å². The molecular weight excluding hydrogens is 332 g/mol. The van der Waals surface area contributed by atoms with Crippen LogP contribution in [0.1, 0.15) is 23.2 Å². The quantitative estimate of drug-likeness (QED) is 0.445. The van der Waals surface area contributed by atoms with Crippen LogP contribution in [0.4, 0.5) is 0 Å². The summed E-state index contributed by atoms with van der Waals surface area (Å²) in [5.74, 6) is 1.70. The van der Waals surface area contributed by atoms with Gasteiger partial charge in [0.15, 0.2) is 5.96 Å². The number of aryl methyl sites for hydroxylation is 1. The van der Waals surface area contributed by atoms with Crippen molar-refractivity contribution >= 4 is 17.3 Å². The summed E-state index contributed by atoms with van der Waals surface area (Å²) in [5, 5.41) is 6.51. The van der Waals surface area contributed by atoms with Gasteiger partial charge in [0.1, 0.15) is 12.4 Å². The summed E-state index contributed by atoms with van der Waals surface area (Å²) in [6.07, 6.45) is 1.74. The molecule has 6 heteroatoms. The maximum absolute atomic E-state index is 5.71. The first-order chi connectivity index (χ1) is 12.1. The Morgan fingerprint density at radius 2 is 2.24 bits per heavy atom. The van der Waals surface area contributed by atoms with E-state index in [-0.39, 0.29) is 0 Å². The topological polar surface area (TPSA) is 49.8 Å². The Bertz CT molecular complexity index is 711. The molecule has 2 aromatic rings. The van der Waals surface area contributed by atoms with Crippen molar-refractivity contribution in [2.24, 2.45) is 4.99 Å². The molecule has 0 bridgehead atoms. The van der Waals surface area contributed by atoms with Crippen molar-refractivity contribution < 1.29 is 4.74 Å². The van der Waals surface area contributed by atoms with Gasteiger partial charge in [-0.15, -0.1) is 11.3 Å². The van der Waals surface area contributed by atoms with E-state index in [0.717, 1.165) is 41.1 Å². The number of para-hydroxylation sites is 1. The number of ether oxygens (including phenoxy) is 1. The zero-order chi connectivity index (χ0) is 18.1. The minimum absolute atomic E-state index is 0.490. The molecule has 5 nitrogen and oxygen atoms in total. The lowest BCUT2D eigenvalue weighted by atomic mass is 10.2. The number of hydrogen-bond donors (Lipinski definition) is 1. The molecule has 1 N–H and O–H groups in total. The van der Waals surface area contributed by atoms with Crippen LogP contribution < -0.4 is 10.1 Å². The van der Waals surface area contributed by atoms with Gasteiger partial charge in [0, 0.05) is 24.5 Å². The summed E-state index contributed by atoms with van der Waals surface area (Å²) in [6, 6.07) is 7.96. The fraction of sp³-hybridized carbons (Fsp3) is 0.368. The molecule has 0 spiro atoms. The van der Waals surface area contributed by atoms with Gasteiger partial charge in [0.25, 0.3) is 0 Å². The summed E-state index contributed by atoms with van der Waals surface area (Å²) >= 11 is 1.67. The van der Waals surface area contributed by atoms with Gasteiger partial charge in [-0.2, -0.15) is 0 Å². The predicted octanol–water partition coefficient (Wildman–Crippen LogP) is 3.61. The minimum atomic E-state index is 0.490. The molecule has 0 saturated heterocycles. The van der Waals surface area contributed by atoms with E-state index in [1.807, 2.05) is 38.2 Å². The van der Waals surface area contributed by atoms with Crippen molar-refractivity contribution in [3.63, 3.8) is 0 Å². The molecule has 0 fully saturated rings. The first-order valence-corrected chi connectivity index (χ1v) is 9.24. The molecule has 0 unspecified atom stereocenters. The Morgan fingerprint density at radius 3 is 2.92 bits per heavy atom. The minimum Gasteiger partial charge on any atom is -0.489 e. The summed E-state index contributed by atoms with van der Waals surface area (Å²) in [6.45, 7) is 10.4. The maximum Gasteiger partial charge on any atom is 0.194 e. The van der Waals surface area contributed by atoms with Crippen LogP contribution in [-0.2, 0) is 13.1 Å². The van der Waals surface area contributed by atoms with E-state index < -0.39 is 0 Å². The second-order valence-electron chi connectivity index (χ2n) is 5.59. The molecule has 1 aromatic heterocycles. The monoisotopic (exact) mass is 358 g/mol. The predicted molar refractivity (Wildman–Crippen MR) is 105 cm³/mol. The lowest BCUT2D eigenvalue weighted by Crippen LogP contribution is -2.38. The zero-order valence-electron chi connectivity index (χ0n) is 15.2. The van der Waals surface area contributed by atoms with Gasteiger partial charge in [0.05, 0.1) is 23.8 Å². The summed E-state index contributed by atoms with van der Waals surface area (Å²) < 4.78 is 5.71. The SMILES string of the molecule is C=CCOc1ccccc1CN=C(NCC)N(C)Cc1csc(C)n1. The fourth-order valence-corrected chi connectivity index (χ4v) is 2.96. The van der Waals surface area contributed by atoms with E-state index in [1.54, 1.807) is 17.4 Å². The third kappa shape index (κ3) is 5.90. The molecule has 0 aliphatic heterocycles. The number of nitrogens with zero attached hydrogens (tertiary/aromatic N) is 3. The average molecular weight is 359 g/mol. The van der Waals surface area contributed by atoms with Gasteiger partial charge in [-0.25, -0.2) is 9.98 Å². The molecule has 134 valence electrons. The van der Waals surface area contributed by atoms with Crippen LogP contribution in [0.2, 0.25) is 0 Å². The van der Waals surface area contributed by atoms with Crippen LogP contribution in [-0.4, -0.2) is 36.0 Å². The molecule has 1 aromatic carbocycles. The van der Waals surface area contributed by atoms with E-state index in [9.17, 15) is 0 Å². The summed E-state index contributed by atoms with van der Waals surface area (Å²) in [5.41, 5.74) is 2.11. The molecule has 2 rings (SSSR count). The van der Waals surface area contributed by atoms with Gasteiger partial charge in [-0.1, -0.05) is 30.9 Å². The van der Waals surface area contributed by atoms with Crippen LogP contribution in [0, 0.1) is 6.92 Å².